The Morgan fingerprint density at radius 1 is 1.47 bits per heavy atom. The number of aliphatic carboxylic acids is 1. The second-order valence-corrected chi connectivity index (χ2v) is 3.74. The lowest BCUT2D eigenvalue weighted by Crippen LogP contribution is -2.35. The number of halogens is 1. The van der Waals surface area contributed by atoms with Crippen LogP contribution in [0.1, 0.15) is 5.56 Å². The van der Waals surface area contributed by atoms with Gasteiger partial charge in [0.25, 0.3) is 0 Å². The van der Waals surface area contributed by atoms with Crippen molar-refractivity contribution in [3.8, 4) is 0 Å². The number of nitrogens with one attached hydrogen (secondary N) is 2. The molecule has 17 heavy (non-hydrogen) atoms. The fourth-order valence-electron chi connectivity index (χ4n) is 1.83. The Labute approximate surface area is 105 Å². The molecule has 0 fully saturated rings. The number of hydrogen-bond donors (Lipinski definition) is 3. The summed E-state index contributed by atoms with van der Waals surface area (Å²) < 4.78 is 0. The number of carboxylic acid groups (broad SMARTS) is 1. The minimum absolute atomic E-state index is 0. The highest BCUT2D eigenvalue weighted by Crippen LogP contribution is 2.18. The molecule has 2 rings (SSSR count). The second kappa shape index (κ2) is 5.70. The second-order valence-electron chi connectivity index (χ2n) is 3.74. The van der Waals surface area contributed by atoms with Crippen molar-refractivity contribution in [1.82, 2.24) is 10.3 Å². The van der Waals surface area contributed by atoms with E-state index in [0.29, 0.717) is 6.42 Å². The number of carbonyl (C=O) groups is 1. The van der Waals surface area contributed by atoms with E-state index in [9.17, 15) is 4.79 Å². The van der Waals surface area contributed by atoms with Gasteiger partial charge in [-0.3, -0.25) is 4.79 Å². The molecule has 5 heteroatoms. The Kier molecular flexibility index (Phi) is 4.54. The van der Waals surface area contributed by atoms with Crippen LogP contribution in [0.4, 0.5) is 0 Å². The topological polar surface area (TPSA) is 65.1 Å². The molecule has 92 valence electrons. The van der Waals surface area contributed by atoms with E-state index in [0.717, 1.165) is 16.5 Å². The van der Waals surface area contributed by atoms with Gasteiger partial charge in [-0.2, -0.15) is 0 Å². The molecule has 0 radical (unpaired) electrons. The number of aromatic nitrogens is 1. The highest BCUT2D eigenvalue weighted by Gasteiger charge is 2.16. The molecule has 0 aliphatic heterocycles. The summed E-state index contributed by atoms with van der Waals surface area (Å²) in [6, 6.07) is 7.34. The van der Waals surface area contributed by atoms with Gasteiger partial charge in [0.1, 0.15) is 6.04 Å². The van der Waals surface area contributed by atoms with Gasteiger partial charge >= 0.3 is 5.97 Å². The lowest BCUT2D eigenvalue weighted by atomic mass is 10.1. The van der Waals surface area contributed by atoms with Crippen LogP contribution in [0.5, 0.6) is 0 Å². The van der Waals surface area contributed by atoms with Crippen LogP contribution in [0.25, 0.3) is 10.9 Å². The van der Waals surface area contributed by atoms with Crippen LogP contribution in [0.15, 0.2) is 30.5 Å². The van der Waals surface area contributed by atoms with Crippen LogP contribution < -0.4 is 5.32 Å². The number of rotatable bonds is 4. The van der Waals surface area contributed by atoms with Crippen molar-refractivity contribution >= 4 is 29.3 Å². The zero-order chi connectivity index (χ0) is 11.5. The summed E-state index contributed by atoms with van der Waals surface area (Å²) in [6.45, 7) is 0. The molecule has 0 aliphatic rings. The molecule has 4 nitrogen and oxygen atoms in total. The average molecular weight is 255 g/mol. The number of likely N-dealkylation sites (N-methyl/N-ethyl adjacent to an activating group) is 1. The molecule has 2 aromatic rings. The fourth-order valence-corrected chi connectivity index (χ4v) is 1.83. The van der Waals surface area contributed by atoms with Gasteiger partial charge < -0.3 is 15.4 Å². The predicted octanol–water partition coefficient (Wildman–Crippen LogP) is 1.80. The number of fused-ring (bicyclic) bond motifs is 1. The molecule has 0 spiro atoms. The van der Waals surface area contributed by atoms with Crippen molar-refractivity contribution in [2.75, 3.05) is 7.05 Å². The molecule has 0 bridgehead atoms. The van der Waals surface area contributed by atoms with Gasteiger partial charge in [0.05, 0.1) is 0 Å². The van der Waals surface area contributed by atoms with Crippen molar-refractivity contribution < 1.29 is 9.90 Å². The smallest absolute Gasteiger partial charge is 0.321 e. The monoisotopic (exact) mass is 254 g/mol. The van der Waals surface area contributed by atoms with Crippen molar-refractivity contribution in [3.63, 3.8) is 0 Å². The maximum Gasteiger partial charge on any atom is 0.321 e. The van der Waals surface area contributed by atoms with Crippen LogP contribution >= 0.6 is 12.4 Å². The minimum Gasteiger partial charge on any atom is -0.480 e. The molecule has 1 atom stereocenters. The van der Waals surface area contributed by atoms with Crippen molar-refractivity contribution in [1.29, 1.82) is 0 Å². The van der Waals surface area contributed by atoms with E-state index >= 15 is 0 Å². The first kappa shape index (κ1) is 13.5. The molecule has 0 amide bonds. The van der Waals surface area contributed by atoms with Gasteiger partial charge in [-0.1, -0.05) is 18.2 Å². The zero-order valence-electron chi connectivity index (χ0n) is 9.43. The molecule has 0 saturated heterocycles. The zero-order valence-corrected chi connectivity index (χ0v) is 10.3. The van der Waals surface area contributed by atoms with Gasteiger partial charge in [0.2, 0.25) is 0 Å². The van der Waals surface area contributed by atoms with E-state index in [-0.39, 0.29) is 12.4 Å². The summed E-state index contributed by atoms with van der Waals surface area (Å²) in [6.07, 6.45) is 2.35. The summed E-state index contributed by atoms with van der Waals surface area (Å²) in [5.74, 6) is -0.826. The third-order valence-electron chi connectivity index (χ3n) is 2.75. The lowest BCUT2D eigenvalue weighted by Gasteiger charge is -2.09. The molecular formula is C12H15ClN2O2. The quantitative estimate of drug-likeness (QED) is 0.780. The van der Waals surface area contributed by atoms with Gasteiger partial charge in [-0.25, -0.2) is 0 Å². The number of benzene rings is 1. The highest BCUT2D eigenvalue weighted by molar-refractivity contribution is 5.85. The summed E-state index contributed by atoms with van der Waals surface area (Å²) in [7, 11) is 1.66. The van der Waals surface area contributed by atoms with Crippen molar-refractivity contribution in [3.05, 3.63) is 36.0 Å². The van der Waals surface area contributed by atoms with E-state index in [1.165, 1.54) is 0 Å². The van der Waals surface area contributed by atoms with E-state index in [1.54, 1.807) is 7.05 Å². The van der Waals surface area contributed by atoms with Crippen LogP contribution in [0.3, 0.4) is 0 Å². The number of para-hydroxylation sites is 1. The van der Waals surface area contributed by atoms with Gasteiger partial charge in [0, 0.05) is 23.5 Å². The molecule has 0 unspecified atom stereocenters. The Balaban J connectivity index is 0.00000144. The third kappa shape index (κ3) is 2.78. The number of hydrogen-bond acceptors (Lipinski definition) is 2. The minimum atomic E-state index is -0.826. The van der Waals surface area contributed by atoms with Gasteiger partial charge in [0.15, 0.2) is 0 Å². The molecule has 0 aliphatic carbocycles. The highest BCUT2D eigenvalue weighted by atomic mass is 35.5. The first-order chi connectivity index (χ1) is 7.72. The number of H-pyrrole nitrogens is 1. The molecule has 0 saturated carbocycles. The van der Waals surface area contributed by atoms with Crippen LogP contribution in [-0.4, -0.2) is 29.1 Å². The standard InChI is InChI=1S/C12H14N2O2.ClH/c1-13-11(12(15)16)6-8-7-14-10-5-3-2-4-9(8)10;/h2-5,7,11,13-14H,6H2,1H3,(H,15,16);1H/t11-;/m0./s1. The van der Waals surface area contributed by atoms with E-state index in [2.05, 4.69) is 10.3 Å². The van der Waals surface area contributed by atoms with Crippen LogP contribution in [-0.2, 0) is 11.2 Å². The molecular weight excluding hydrogens is 240 g/mol. The Hall–Kier alpha value is -1.52. The van der Waals surface area contributed by atoms with Gasteiger partial charge in [-0.15, -0.1) is 12.4 Å². The van der Waals surface area contributed by atoms with Gasteiger partial charge in [-0.05, 0) is 18.7 Å². The first-order valence-electron chi connectivity index (χ1n) is 5.17. The molecule has 3 N–H and O–H groups in total. The molecule has 1 heterocycles. The predicted molar refractivity (Wildman–Crippen MR) is 69.7 cm³/mol. The number of carboxylic acids is 1. The third-order valence-corrected chi connectivity index (χ3v) is 2.75. The Bertz CT molecular complexity index is 510. The summed E-state index contributed by atoms with van der Waals surface area (Å²) in [5.41, 5.74) is 2.06. The van der Waals surface area contributed by atoms with Crippen molar-refractivity contribution in [2.45, 2.75) is 12.5 Å². The largest absolute Gasteiger partial charge is 0.480 e. The normalized spacial score (nSPS) is 12.1. The molecule has 1 aromatic heterocycles. The van der Waals surface area contributed by atoms with Crippen molar-refractivity contribution in [2.24, 2.45) is 0 Å². The SMILES string of the molecule is CN[C@@H](Cc1c[nH]c2ccccc12)C(=O)O.Cl. The van der Waals surface area contributed by atoms with E-state index in [1.807, 2.05) is 30.5 Å². The van der Waals surface area contributed by atoms with E-state index in [4.69, 9.17) is 5.11 Å². The maximum absolute atomic E-state index is 10.9. The molecule has 1 aromatic carbocycles. The lowest BCUT2D eigenvalue weighted by molar-refractivity contribution is -0.139. The van der Waals surface area contributed by atoms with Crippen LogP contribution in [0.2, 0.25) is 0 Å². The maximum atomic E-state index is 10.9. The summed E-state index contributed by atoms with van der Waals surface area (Å²) >= 11 is 0. The first-order valence-corrected chi connectivity index (χ1v) is 5.17. The average Bonchev–Trinajstić information content (AvgIpc) is 2.69. The number of aromatic amines is 1. The fraction of sp³-hybridized carbons (Fsp3) is 0.250. The Morgan fingerprint density at radius 3 is 2.82 bits per heavy atom. The van der Waals surface area contributed by atoms with E-state index < -0.39 is 12.0 Å². The summed E-state index contributed by atoms with van der Waals surface area (Å²) in [4.78, 5) is 14.1. The summed E-state index contributed by atoms with van der Waals surface area (Å²) in [5, 5.41) is 12.8. The van der Waals surface area contributed by atoms with Crippen LogP contribution in [0, 0.1) is 0 Å². The Morgan fingerprint density at radius 2 is 2.18 bits per heavy atom.